The summed E-state index contributed by atoms with van der Waals surface area (Å²) in [6.07, 6.45) is 1.36. The molecule has 0 heterocycles. The van der Waals surface area contributed by atoms with E-state index in [1.807, 2.05) is 34.6 Å². The van der Waals surface area contributed by atoms with Gasteiger partial charge >= 0.3 is 5.97 Å². The first-order valence-corrected chi connectivity index (χ1v) is 5.19. The van der Waals surface area contributed by atoms with Crippen molar-refractivity contribution in [1.82, 2.24) is 0 Å². The van der Waals surface area contributed by atoms with Gasteiger partial charge in [-0.3, -0.25) is 0 Å². The molecule has 0 radical (unpaired) electrons. The van der Waals surface area contributed by atoms with E-state index >= 15 is 0 Å². The van der Waals surface area contributed by atoms with Gasteiger partial charge in [-0.15, -0.1) is 0 Å². The third-order valence-corrected chi connectivity index (χ3v) is 2.55. The van der Waals surface area contributed by atoms with Crippen LogP contribution >= 0.6 is 0 Å². The van der Waals surface area contributed by atoms with Crippen LogP contribution in [0.2, 0.25) is 0 Å². The van der Waals surface area contributed by atoms with Crippen LogP contribution in [0.4, 0.5) is 0 Å². The summed E-state index contributed by atoms with van der Waals surface area (Å²) in [6, 6.07) is 0. The minimum atomic E-state index is -1.05. The molecular formula is C11H22O3. The lowest BCUT2D eigenvalue weighted by Crippen LogP contribution is -2.52. The first-order chi connectivity index (χ1) is 6.31. The summed E-state index contributed by atoms with van der Waals surface area (Å²) in [4.78, 5) is 11.3. The quantitative estimate of drug-likeness (QED) is 0.745. The monoisotopic (exact) mass is 202 g/mol. The molecule has 0 saturated heterocycles. The maximum Gasteiger partial charge on any atom is 0.336 e. The Morgan fingerprint density at radius 3 is 2.00 bits per heavy atom. The Labute approximate surface area is 86.5 Å². The third-order valence-electron chi connectivity index (χ3n) is 2.55. The second-order valence-corrected chi connectivity index (χ2v) is 4.57. The molecule has 0 aliphatic rings. The fraction of sp³-hybridized carbons (Fsp3) is 0.909. The smallest absolute Gasteiger partial charge is 0.336 e. The summed E-state index contributed by atoms with van der Waals surface area (Å²) >= 11 is 0. The number of hydrogen-bond donors (Lipinski definition) is 1. The Bertz CT molecular complexity index is 185. The van der Waals surface area contributed by atoms with E-state index in [9.17, 15) is 9.90 Å². The Kier molecular flexibility index (Phi) is 4.59. The summed E-state index contributed by atoms with van der Waals surface area (Å²) < 4.78 is 5.50. The normalized spacial score (nSPS) is 16.4. The molecule has 3 heteroatoms. The number of rotatable bonds is 5. The average Bonchev–Trinajstić information content (AvgIpc) is 2.01. The van der Waals surface area contributed by atoms with Crippen molar-refractivity contribution < 1.29 is 14.6 Å². The molecule has 0 amide bonds. The van der Waals surface area contributed by atoms with E-state index in [1.54, 1.807) is 0 Å². The zero-order valence-electron chi connectivity index (χ0n) is 9.89. The van der Waals surface area contributed by atoms with E-state index in [0.717, 1.165) is 6.42 Å². The van der Waals surface area contributed by atoms with E-state index in [2.05, 4.69) is 0 Å². The highest BCUT2D eigenvalue weighted by Gasteiger charge is 2.48. The number of carboxylic acids is 1. The predicted molar refractivity (Wildman–Crippen MR) is 56.4 cm³/mol. The van der Waals surface area contributed by atoms with Crippen LogP contribution in [0, 0.1) is 5.41 Å². The van der Waals surface area contributed by atoms with Crippen LogP contribution in [0.5, 0.6) is 0 Å². The molecule has 0 aromatic heterocycles. The fourth-order valence-electron chi connectivity index (χ4n) is 1.75. The van der Waals surface area contributed by atoms with Crippen LogP contribution in [-0.2, 0) is 9.53 Å². The van der Waals surface area contributed by atoms with Gasteiger partial charge in [0.25, 0.3) is 0 Å². The molecule has 3 nitrogen and oxygen atoms in total. The lowest BCUT2D eigenvalue weighted by molar-refractivity contribution is -0.184. The number of ether oxygens (including phenoxy) is 1. The second-order valence-electron chi connectivity index (χ2n) is 4.57. The summed E-state index contributed by atoms with van der Waals surface area (Å²) in [5.41, 5.74) is -1.43. The maximum atomic E-state index is 11.3. The molecule has 0 bridgehead atoms. The van der Waals surface area contributed by atoms with Crippen LogP contribution in [0.1, 0.15) is 47.5 Å². The molecular weight excluding hydrogens is 180 g/mol. The number of hydrogen-bond acceptors (Lipinski definition) is 2. The Balaban J connectivity index is 5.04. The van der Waals surface area contributed by atoms with Crippen LogP contribution in [0.25, 0.3) is 0 Å². The molecule has 0 aromatic carbocycles. The van der Waals surface area contributed by atoms with Crippen LogP contribution in [0.15, 0.2) is 0 Å². The van der Waals surface area contributed by atoms with Gasteiger partial charge < -0.3 is 9.84 Å². The largest absolute Gasteiger partial charge is 0.479 e. The molecule has 0 spiro atoms. The molecule has 1 unspecified atom stereocenters. The Morgan fingerprint density at radius 2 is 1.79 bits per heavy atom. The predicted octanol–water partition coefficient (Wildman–Crippen LogP) is 2.69. The standard InChI is InChI=1S/C11H22O3/c1-6-8-11(9(12)13,14-7-2)10(3,4)5/h6-8H2,1-5H3,(H,12,13). The van der Waals surface area contributed by atoms with Crippen molar-refractivity contribution in [2.45, 2.75) is 53.1 Å². The minimum Gasteiger partial charge on any atom is -0.479 e. The van der Waals surface area contributed by atoms with Crippen molar-refractivity contribution in [3.8, 4) is 0 Å². The van der Waals surface area contributed by atoms with Gasteiger partial charge in [0.05, 0.1) is 0 Å². The third kappa shape index (κ3) is 2.47. The summed E-state index contributed by atoms with van der Waals surface area (Å²) in [5.74, 6) is -0.853. The van der Waals surface area contributed by atoms with Crippen molar-refractivity contribution in [3.05, 3.63) is 0 Å². The maximum absolute atomic E-state index is 11.3. The number of carbonyl (C=O) groups is 1. The van der Waals surface area contributed by atoms with Gasteiger partial charge in [-0.05, 0) is 13.3 Å². The van der Waals surface area contributed by atoms with E-state index in [4.69, 9.17) is 4.74 Å². The van der Waals surface area contributed by atoms with Gasteiger partial charge in [-0.1, -0.05) is 34.1 Å². The van der Waals surface area contributed by atoms with Gasteiger partial charge in [0.1, 0.15) is 0 Å². The summed E-state index contributed by atoms with van der Waals surface area (Å²) in [5, 5.41) is 9.30. The molecule has 0 aliphatic carbocycles. The molecule has 0 saturated carbocycles. The van der Waals surface area contributed by atoms with E-state index in [1.165, 1.54) is 0 Å². The molecule has 1 atom stereocenters. The first kappa shape index (κ1) is 13.4. The molecule has 0 fully saturated rings. The highest BCUT2D eigenvalue weighted by Crippen LogP contribution is 2.38. The molecule has 14 heavy (non-hydrogen) atoms. The average molecular weight is 202 g/mol. The van der Waals surface area contributed by atoms with Gasteiger partial charge in [0.15, 0.2) is 5.60 Å². The fourth-order valence-corrected chi connectivity index (χ4v) is 1.75. The second kappa shape index (κ2) is 4.78. The molecule has 1 N–H and O–H groups in total. The van der Waals surface area contributed by atoms with Crippen molar-refractivity contribution in [1.29, 1.82) is 0 Å². The van der Waals surface area contributed by atoms with E-state index in [-0.39, 0.29) is 5.41 Å². The van der Waals surface area contributed by atoms with Crippen molar-refractivity contribution in [2.75, 3.05) is 6.61 Å². The van der Waals surface area contributed by atoms with Crippen LogP contribution in [0.3, 0.4) is 0 Å². The lowest BCUT2D eigenvalue weighted by Gasteiger charge is -2.40. The van der Waals surface area contributed by atoms with Gasteiger partial charge in [0.2, 0.25) is 0 Å². The highest BCUT2D eigenvalue weighted by molar-refractivity contribution is 5.78. The van der Waals surface area contributed by atoms with Gasteiger partial charge in [-0.25, -0.2) is 4.79 Å². The first-order valence-electron chi connectivity index (χ1n) is 5.19. The highest BCUT2D eigenvalue weighted by atomic mass is 16.5. The summed E-state index contributed by atoms with van der Waals surface area (Å²) in [7, 11) is 0. The lowest BCUT2D eigenvalue weighted by atomic mass is 9.73. The topological polar surface area (TPSA) is 46.5 Å². The van der Waals surface area contributed by atoms with Gasteiger partial charge in [0, 0.05) is 12.0 Å². The SMILES string of the molecule is CCCC(OCC)(C(=O)O)C(C)(C)C. The van der Waals surface area contributed by atoms with E-state index < -0.39 is 11.6 Å². The molecule has 0 aromatic rings. The molecule has 0 rings (SSSR count). The Hall–Kier alpha value is -0.570. The van der Waals surface area contributed by atoms with Crippen molar-refractivity contribution in [3.63, 3.8) is 0 Å². The van der Waals surface area contributed by atoms with E-state index in [0.29, 0.717) is 13.0 Å². The molecule has 84 valence electrons. The van der Waals surface area contributed by atoms with Crippen molar-refractivity contribution in [2.24, 2.45) is 5.41 Å². The zero-order valence-corrected chi connectivity index (χ0v) is 9.89. The minimum absolute atomic E-state index is 0.384. The zero-order chi connectivity index (χ0) is 11.4. The molecule has 0 aliphatic heterocycles. The van der Waals surface area contributed by atoms with Crippen LogP contribution < -0.4 is 0 Å². The Morgan fingerprint density at radius 1 is 1.29 bits per heavy atom. The summed E-state index contributed by atoms with van der Waals surface area (Å²) in [6.45, 7) is 9.97. The van der Waals surface area contributed by atoms with Gasteiger partial charge in [-0.2, -0.15) is 0 Å². The number of aliphatic carboxylic acids is 1. The number of carboxylic acid groups (broad SMARTS) is 1. The van der Waals surface area contributed by atoms with Crippen LogP contribution in [-0.4, -0.2) is 23.3 Å². The van der Waals surface area contributed by atoms with Crippen molar-refractivity contribution >= 4 is 5.97 Å².